The van der Waals surface area contributed by atoms with E-state index < -0.39 is 0 Å². The van der Waals surface area contributed by atoms with Crippen LogP contribution < -0.4 is 5.32 Å². The highest BCUT2D eigenvalue weighted by Crippen LogP contribution is 2.31. The fourth-order valence-corrected chi connectivity index (χ4v) is 3.58. The molecule has 2 aromatic heterocycles. The third-order valence-corrected chi connectivity index (χ3v) is 4.83. The maximum Gasteiger partial charge on any atom is 0.256 e. The number of halogens is 1. The fourth-order valence-electron chi connectivity index (χ4n) is 3.39. The molecule has 0 aliphatic carbocycles. The van der Waals surface area contributed by atoms with E-state index in [0.717, 1.165) is 33.6 Å². The van der Waals surface area contributed by atoms with Crippen LogP contribution >= 0.6 is 11.6 Å². The third-order valence-electron chi connectivity index (χ3n) is 4.60. The molecule has 4 aromatic rings. The number of anilines is 1. The first-order valence-electron chi connectivity index (χ1n) is 9.05. The minimum absolute atomic E-state index is 0.226. The number of fused-ring (bicyclic) bond motifs is 1. The summed E-state index contributed by atoms with van der Waals surface area (Å²) < 4.78 is 1.91. The predicted octanol–water partition coefficient (Wildman–Crippen LogP) is 5.83. The summed E-state index contributed by atoms with van der Waals surface area (Å²) in [5.74, 6) is 0.417. The quantitative estimate of drug-likeness (QED) is 0.479. The number of imidazole rings is 1. The van der Waals surface area contributed by atoms with Gasteiger partial charge in [0.25, 0.3) is 5.91 Å². The standard InChI is InChI=1S/C23H20ClN3O/c1-14-7-8-27-20(12-14)25-21(18-10-15(2)9-16(3)11-18)22(27)26-23(28)17-5-4-6-19(24)13-17/h4-13H,1-3H3,(H,26,28). The van der Waals surface area contributed by atoms with Gasteiger partial charge in [-0.3, -0.25) is 9.20 Å². The number of hydrogen-bond acceptors (Lipinski definition) is 2. The number of carbonyl (C=O) groups is 1. The van der Waals surface area contributed by atoms with Crippen molar-refractivity contribution in [1.82, 2.24) is 9.38 Å². The zero-order valence-corrected chi connectivity index (χ0v) is 16.7. The van der Waals surface area contributed by atoms with Gasteiger partial charge in [-0.2, -0.15) is 0 Å². The van der Waals surface area contributed by atoms with E-state index in [1.165, 1.54) is 0 Å². The summed E-state index contributed by atoms with van der Waals surface area (Å²) in [6.45, 7) is 6.14. The molecule has 0 saturated carbocycles. The first-order chi connectivity index (χ1) is 13.4. The van der Waals surface area contributed by atoms with E-state index in [4.69, 9.17) is 16.6 Å². The highest BCUT2D eigenvalue weighted by Gasteiger charge is 2.18. The number of pyridine rings is 1. The van der Waals surface area contributed by atoms with Crippen LogP contribution in [0.5, 0.6) is 0 Å². The lowest BCUT2D eigenvalue weighted by Crippen LogP contribution is -2.14. The molecule has 4 nitrogen and oxygen atoms in total. The summed E-state index contributed by atoms with van der Waals surface area (Å²) in [6.07, 6.45) is 1.93. The van der Waals surface area contributed by atoms with Crippen LogP contribution in [0.25, 0.3) is 16.9 Å². The Bertz CT molecular complexity index is 1190. The lowest BCUT2D eigenvalue weighted by Gasteiger charge is -2.09. The summed E-state index contributed by atoms with van der Waals surface area (Å²) in [5, 5.41) is 3.56. The van der Waals surface area contributed by atoms with Gasteiger partial charge >= 0.3 is 0 Å². The fraction of sp³-hybridized carbons (Fsp3) is 0.130. The van der Waals surface area contributed by atoms with Crippen molar-refractivity contribution < 1.29 is 4.79 Å². The van der Waals surface area contributed by atoms with Gasteiger partial charge in [0, 0.05) is 22.3 Å². The minimum Gasteiger partial charge on any atom is -0.306 e. The summed E-state index contributed by atoms with van der Waals surface area (Å²) in [5.41, 5.74) is 6.41. The number of carbonyl (C=O) groups excluding carboxylic acids is 1. The molecule has 0 aliphatic heterocycles. The molecule has 1 N–H and O–H groups in total. The second-order valence-electron chi connectivity index (χ2n) is 7.08. The molecule has 2 heterocycles. The van der Waals surface area contributed by atoms with Gasteiger partial charge in [0.05, 0.1) is 0 Å². The molecule has 0 aliphatic rings. The average Bonchev–Trinajstić information content (AvgIpc) is 2.98. The molecule has 0 fully saturated rings. The molecule has 2 aromatic carbocycles. The minimum atomic E-state index is -0.226. The van der Waals surface area contributed by atoms with E-state index in [0.29, 0.717) is 16.4 Å². The molecule has 4 rings (SSSR count). The van der Waals surface area contributed by atoms with Gasteiger partial charge in [-0.25, -0.2) is 4.98 Å². The Morgan fingerprint density at radius 1 is 0.964 bits per heavy atom. The summed E-state index contributed by atoms with van der Waals surface area (Å²) in [7, 11) is 0. The molecule has 1 amide bonds. The SMILES string of the molecule is Cc1cc(C)cc(-c2nc3cc(C)ccn3c2NC(=O)c2cccc(Cl)c2)c1. The lowest BCUT2D eigenvalue weighted by molar-refractivity contribution is 0.102. The maximum absolute atomic E-state index is 12.9. The van der Waals surface area contributed by atoms with Crippen LogP contribution in [0.2, 0.25) is 5.02 Å². The van der Waals surface area contributed by atoms with E-state index in [-0.39, 0.29) is 5.91 Å². The van der Waals surface area contributed by atoms with Gasteiger partial charge in [0.1, 0.15) is 17.2 Å². The number of nitrogens with zero attached hydrogens (tertiary/aromatic N) is 2. The Kier molecular flexibility index (Phi) is 4.65. The molecule has 0 spiro atoms. The van der Waals surface area contributed by atoms with Crippen molar-refractivity contribution in [1.29, 1.82) is 0 Å². The van der Waals surface area contributed by atoms with Crippen molar-refractivity contribution in [2.24, 2.45) is 0 Å². The molecular weight excluding hydrogens is 370 g/mol. The Labute approximate surface area is 168 Å². The van der Waals surface area contributed by atoms with Crippen LogP contribution in [0.15, 0.2) is 60.8 Å². The van der Waals surface area contributed by atoms with Crippen LogP contribution in [0.4, 0.5) is 5.82 Å². The predicted molar refractivity (Wildman–Crippen MR) is 114 cm³/mol. The first kappa shape index (κ1) is 18.3. The average molecular weight is 390 g/mol. The lowest BCUT2D eigenvalue weighted by atomic mass is 10.0. The molecule has 0 bridgehead atoms. The summed E-state index contributed by atoms with van der Waals surface area (Å²) in [4.78, 5) is 17.7. The van der Waals surface area contributed by atoms with E-state index in [1.807, 2.05) is 29.7 Å². The zero-order valence-electron chi connectivity index (χ0n) is 16.0. The van der Waals surface area contributed by atoms with Crippen molar-refractivity contribution in [2.45, 2.75) is 20.8 Å². The number of hydrogen-bond donors (Lipinski definition) is 1. The van der Waals surface area contributed by atoms with Crippen molar-refractivity contribution in [3.05, 3.63) is 88.1 Å². The number of rotatable bonds is 3. The second-order valence-corrected chi connectivity index (χ2v) is 7.52. The van der Waals surface area contributed by atoms with Gasteiger partial charge in [-0.05, 0) is 68.8 Å². The van der Waals surface area contributed by atoms with E-state index >= 15 is 0 Å². The maximum atomic E-state index is 12.9. The van der Waals surface area contributed by atoms with Crippen molar-refractivity contribution >= 4 is 29.0 Å². The normalized spacial score (nSPS) is 11.0. The highest BCUT2D eigenvalue weighted by molar-refractivity contribution is 6.31. The molecular formula is C23H20ClN3O. The molecule has 0 atom stereocenters. The van der Waals surface area contributed by atoms with E-state index in [2.05, 4.69) is 37.4 Å². The van der Waals surface area contributed by atoms with Crippen molar-refractivity contribution in [2.75, 3.05) is 5.32 Å². The van der Waals surface area contributed by atoms with Crippen LogP contribution in [0.3, 0.4) is 0 Å². The van der Waals surface area contributed by atoms with Gasteiger partial charge in [-0.1, -0.05) is 34.9 Å². The van der Waals surface area contributed by atoms with Crippen LogP contribution in [0, 0.1) is 20.8 Å². The van der Waals surface area contributed by atoms with E-state index in [9.17, 15) is 4.79 Å². The molecule has 5 heteroatoms. The summed E-state index contributed by atoms with van der Waals surface area (Å²) >= 11 is 6.05. The molecule has 0 radical (unpaired) electrons. The highest BCUT2D eigenvalue weighted by atomic mass is 35.5. The third kappa shape index (κ3) is 3.51. The molecule has 0 saturated heterocycles. The number of aromatic nitrogens is 2. The monoisotopic (exact) mass is 389 g/mol. The number of benzene rings is 2. The molecule has 0 unspecified atom stereocenters. The Hall–Kier alpha value is -3.11. The van der Waals surface area contributed by atoms with Crippen molar-refractivity contribution in [3.8, 4) is 11.3 Å². The van der Waals surface area contributed by atoms with Gasteiger partial charge in [0.15, 0.2) is 0 Å². The smallest absolute Gasteiger partial charge is 0.256 e. The Morgan fingerprint density at radius 3 is 2.43 bits per heavy atom. The van der Waals surface area contributed by atoms with Crippen LogP contribution in [-0.2, 0) is 0 Å². The first-order valence-corrected chi connectivity index (χ1v) is 9.43. The Balaban J connectivity index is 1.87. The number of aryl methyl sites for hydroxylation is 3. The second kappa shape index (κ2) is 7.13. The number of nitrogens with one attached hydrogen (secondary N) is 1. The summed E-state index contributed by atoms with van der Waals surface area (Å²) in [6, 6.07) is 17.2. The topological polar surface area (TPSA) is 46.4 Å². The van der Waals surface area contributed by atoms with Gasteiger partial charge in [0.2, 0.25) is 0 Å². The number of amides is 1. The molecule has 28 heavy (non-hydrogen) atoms. The van der Waals surface area contributed by atoms with E-state index in [1.54, 1.807) is 24.3 Å². The largest absolute Gasteiger partial charge is 0.306 e. The van der Waals surface area contributed by atoms with Crippen LogP contribution in [-0.4, -0.2) is 15.3 Å². The Morgan fingerprint density at radius 2 is 1.71 bits per heavy atom. The van der Waals surface area contributed by atoms with Crippen molar-refractivity contribution in [3.63, 3.8) is 0 Å². The molecule has 140 valence electrons. The van der Waals surface area contributed by atoms with Gasteiger partial charge < -0.3 is 5.32 Å². The van der Waals surface area contributed by atoms with Gasteiger partial charge in [-0.15, -0.1) is 0 Å². The zero-order chi connectivity index (χ0) is 19.8. The van der Waals surface area contributed by atoms with Crippen LogP contribution in [0.1, 0.15) is 27.0 Å².